The molecule has 3 nitrogen and oxygen atoms in total. The monoisotopic (exact) mass is 304 g/mol. The van der Waals surface area contributed by atoms with Gasteiger partial charge in [-0.25, -0.2) is 8.78 Å². The number of ether oxygens (including phenoxy) is 1. The van der Waals surface area contributed by atoms with Crippen LogP contribution in [0.3, 0.4) is 0 Å². The first-order valence-electron chi connectivity index (χ1n) is 5.06. The van der Waals surface area contributed by atoms with Gasteiger partial charge in [0.1, 0.15) is 16.6 Å². The van der Waals surface area contributed by atoms with Gasteiger partial charge in [0.15, 0.2) is 11.6 Å². The molecule has 0 saturated heterocycles. The largest absolute Gasteiger partial charge is 0.452 e. The van der Waals surface area contributed by atoms with Gasteiger partial charge in [-0.15, -0.1) is 0 Å². The summed E-state index contributed by atoms with van der Waals surface area (Å²) in [6.45, 7) is 0. The lowest BCUT2D eigenvalue weighted by Crippen LogP contribution is -1.99. The zero-order valence-corrected chi connectivity index (χ0v) is 10.9. The van der Waals surface area contributed by atoms with Crippen molar-refractivity contribution >= 4 is 34.6 Å². The van der Waals surface area contributed by atoms with Crippen LogP contribution in [0.5, 0.6) is 11.5 Å². The molecule has 0 amide bonds. The predicted molar refractivity (Wildman–Crippen MR) is 71.7 cm³/mol. The van der Waals surface area contributed by atoms with Crippen molar-refractivity contribution in [3.63, 3.8) is 0 Å². The Morgan fingerprint density at radius 3 is 2.32 bits per heavy atom. The molecule has 0 bridgehead atoms. The summed E-state index contributed by atoms with van der Waals surface area (Å²) < 4.78 is 32.1. The summed E-state index contributed by atoms with van der Waals surface area (Å²) in [5.74, 6) is -1.67. The molecular formula is C12H8Cl2F2N2O. The van der Waals surface area contributed by atoms with Crippen molar-refractivity contribution < 1.29 is 13.5 Å². The minimum absolute atomic E-state index is 0.00107. The normalized spacial score (nSPS) is 10.5. The van der Waals surface area contributed by atoms with Crippen molar-refractivity contribution in [2.24, 2.45) is 0 Å². The van der Waals surface area contributed by atoms with Crippen LogP contribution in [-0.2, 0) is 0 Å². The maximum Gasteiger partial charge on any atom is 0.188 e. The summed E-state index contributed by atoms with van der Waals surface area (Å²) in [6, 6.07) is 4.83. The van der Waals surface area contributed by atoms with Crippen LogP contribution in [0.1, 0.15) is 0 Å². The summed E-state index contributed by atoms with van der Waals surface area (Å²) in [5, 5.41) is -0.449. The molecule has 2 aromatic carbocycles. The first kappa shape index (κ1) is 13.7. The Bertz CT molecular complexity index is 650. The molecule has 0 aromatic heterocycles. The molecule has 0 radical (unpaired) electrons. The van der Waals surface area contributed by atoms with Crippen molar-refractivity contribution in [1.29, 1.82) is 0 Å². The van der Waals surface area contributed by atoms with Gasteiger partial charge < -0.3 is 16.2 Å². The van der Waals surface area contributed by atoms with E-state index in [1.807, 2.05) is 0 Å². The summed E-state index contributed by atoms with van der Waals surface area (Å²) in [4.78, 5) is 0. The van der Waals surface area contributed by atoms with Crippen molar-refractivity contribution in [1.82, 2.24) is 0 Å². The Morgan fingerprint density at radius 1 is 1.00 bits per heavy atom. The van der Waals surface area contributed by atoms with Crippen LogP contribution < -0.4 is 16.2 Å². The van der Waals surface area contributed by atoms with Crippen LogP contribution in [0, 0.1) is 11.6 Å². The molecule has 0 heterocycles. The molecule has 4 N–H and O–H groups in total. The second-order valence-electron chi connectivity index (χ2n) is 3.69. The highest BCUT2D eigenvalue weighted by Crippen LogP contribution is 2.38. The third kappa shape index (κ3) is 2.67. The van der Waals surface area contributed by atoms with E-state index in [-0.39, 0.29) is 32.9 Å². The Morgan fingerprint density at radius 2 is 1.68 bits per heavy atom. The average Bonchev–Trinajstić information content (AvgIpc) is 2.36. The fourth-order valence-corrected chi connectivity index (χ4v) is 1.72. The first-order chi connectivity index (χ1) is 8.90. The van der Waals surface area contributed by atoms with Crippen molar-refractivity contribution in [3.8, 4) is 11.5 Å². The van der Waals surface area contributed by atoms with Gasteiger partial charge in [-0.1, -0.05) is 23.2 Å². The molecule has 19 heavy (non-hydrogen) atoms. The number of benzene rings is 2. The van der Waals surface area contributed by atoms with Crippen LogP contribution in [0.15, 0.2) is 24.3 Å². The standard InChI is InChI=1S/C12H8Cl2F2N2O/c13-6-3-5(1-2-7(6)15)19-12-9(18)4-8(17)10(14)11(12)16/h1-4H,17-18H2. The lowest BCUT2D eigenvalue weighted by atomic mass is 10.2. The highest BCUT2D eigenvalue weighted by Gasteiger charge is 2.16. The van der Waals surface area contributed by atoms with Crippen LogP contribution in [0.25, 0.3) is 0 Å². The van der Waals surface area contributed by atoms with Gasteiger partial charge in [-0.05, 0) is 18.2 Å². The van der Waals surface area contributed by atoms with E-state index in [0.717, 1.165) is 6.07 Å². The Labute approximate surface area is 117 Å². The number of halogens is 4. The second kappa shape index (κ2) is 5.11. The van der Waals surface area contributed by atoms with Gasteiger partial charge in [-0.3, -0.25) is 0 Å². The molecule has 0 unspecified atom stereocenters. The molecule has 0 spiro atoms. The number of rotatable bonds is 2. The van der Waals surface area contributed by atoms with Crippen LogP contribution in [0.4, 0.5) is 20.2 Å². The maximum atomic E-state index is 13.9. The van der Waals surface area contributed by atoms with E-state index < -0.39 is 11.6 Å². The molecule has 2 aromatic rings. The van der Waals surface area contributed by atoms with E-state index in [1.165, 1.54) is 18.2 Å². The number of hydrogen-bond donors (Lipinski definition) is 2. The van der Waals surface area contributed by atoms with E-state index in [2.05, 4.69) is 0 Å². The molecule has 0 aliphatic rings. The highest BCUT2D eigenvalue weighted by molar-refractivity contribution is 6.33. The highest BCUT2D eigenvalue weighted by atomic mass is 35.5. The number of hydrogen-bond acceptors (Lipinski definition) is 3. The minimum atomic E-state index is -0.889. The summed E-state index contributed by atoms with van der Waals surface area (Å²) in [6.07, 6.45) is 0. The van der Waals surface area contributed by atoms with Gasteiger partial charge in [0.05, 0.1) is 16.4 Å². The van der Waals surface area contributed by atoms with Crippen molar-refractivity contribution in [2.45, 2.75) is 0 Å². The lowest BCUT2D eigenvalue weighted by Gasteiger charge is -2.12. The minimum Gasteiger partial charge on any atom is -0.452 e. The smallest absolute Gasteiger partial charge is 0.188 e. The summed E-state index contributed by atoms with van der Waals surface area (Å²) in [7, 11) is 0. The second-order valence-corrected chi connectivity index (χ2v) is 4.48. The number of nitrogens with two attached hydrogens (primary N) is 2. The Hall–Kier alpha value is -1.72. The first-order valence-corrected chi connectivity index (χ1v) is 5.81. The zero-order valence-electron chi connectivity index (χ0n) is 9.38. The quantitative estimate of drug-likeness (QED) is 0.816. The predicted octanol–water partition coefficient (Wildman–Crippen LogP) is 4.23. The molecular weight excluding hydrogens is 297 g/mol. The van der Waals surface area contributed by atoms with E-state index in [1.54, 1.807) is 0 Å². The molecule has 0 aliphatic carbocycles. The van der Waals surface area contributed by atoms with Gasteiger partial charge in [0.2, 0.25) is 0 Å². The van der Waals surface area contributed by atoms with E-state index in [0.29, 0.717) is 0 Å². The number of nitrogen functional groups attached to an aromatic ring is 2. The van der Waals surface area contributed by atoms with Gasteiger partial charge >= 0.3 is 0 Å². The van der Waals surface area contributed by atoms with E-state index in [4.69, 9.17) is 39.4 Å². The SMILES string of the molecule is Nc1cc(N)c(Oc2ccc(F)c(Cl)c2)c(F)c1Cl. The third-order valence-electron chi connectivity index (χ3n) is 2.33. The van der Waals surface area contributed by atoms with Crippen LogP contribution >= 0.6 is 23.2 Å². The summed E-state index contributed by atoms with van der Waals surface area (Å²) in [5.41, 5.74) is 11.0. The van der Waals surface area contributed by atoms with Gasteiger partial charge in [0, 0.05) is 6.07 Å². The maximum absolute atomic E-state index is 13.9. The Balaban J connectivity index is 2.43. The summed E-state index contributed by atoms with van der Waals surface area (Å²) >= 11 is 11.2. The molecule has 0 fully saturated rings. The van der Waals surface area contributed by atoms with Gasteiger partial charge in [-0.2, -0.15) is 0 Å². The zero-order chi connectivity index (χ0) is 14.2. The Kier molecular flexibility index (Phi) is 3.68. The third-order valence-corrected chi connectivity index (χ3v) is 3.00. The molecule has 7 heteroatoms. The topological polar surface area (TPSA) is 61.3 Å². The van der Waals surface area contributed by atoms with Crippen molar-refractivity contribution in [2.75, 3.05) is 11.5 Å². The van der Waals surface area contributed by atoms with E-state index in [9.17, 15) is 8.78 Å². The van der Waals surface area contributed by atoms with Crippen molar-refractivity contribution in [3.05, 3.63) is 45.9 Å². The fraction of sp³-hybridized carbons (Fsp3) is 0. The molecule has 0 saturated carbocycles. The van der Waals surface area contributed by atoms with Crippen LogP contribution in [-0.4, -0.2) is 0 Å². The van der Waals surface area contributed by atoms with E-state index >= 15 is 0 Å². The molecule has 2 rings (SSSR count). The lowest BCUT2D eigenvalue weighted by molar-refractivity contribution is 0.444. The molecule has 100 valence electrons. The number of anilines is 2. The average molecular weight is 305 g/mol. The molecule has 0 aliphatic heterocycles. The molecule has 0 atom stereocenters. The van der Waals surface area contributed by atoms with Gasteiger partial charge in [0.25, 0.3) is 0 Å². The fourth-order valence-electron chi connectivity index (χ4n) is 1.41. The van der Waals surface area contributed by atoms with Crippen LogP contribution in [0.2, 0.25) is 10.0 Å².